The highest BCUT2D eigenvalue weighted by atomic mass is 35.5. The zero-order valence-corrected chi connectivity index (χ0v) is 49.9. The van der Waals surface area contributed by atoms with Crippen LogP contribution in [0.1, 0.15) is 67.7 Å². The summed E-state index contributed by atoms with van der Waals surface area (Å²) in [5.41, 5.74) is 32.1. The third-order valence-corrected chi connectivity index (χ3v) is 16.5. The first-order chi connectivity index (χ1) is 41.0. The smallest absolute Gasteiger partial charge is 0.245 e. The Morgan fingerprint density at radius 3 is 1.67 bits per heavy atom. The fourth-order valence-electron chi connectivity index (χ4n) is 8.83. The van der Waals surface area contributed by atoms with Crippen molar-refractivity contribution in [2.45, 2.75) is 132 Å². The summed E-state index contributed by atoms with van der Waals surface area (Å²) >= 11 is 6.09. The fourth-order valence-corrected chi connectivity index (χ4v) is 11.3. The molecule has 1 aliphatic rings. The molecule has 10 atom stereocenters. The van der Waals surface area contributed by atoms with Gasteiger partial charge in [-0.1, -0.05) is 88.1 Å². The Balaban J connectivity index is 1.57. The maximum Gasteiger partial charge on any atom is 0.245 e. The van der Waals surface area contributed by atoms with Crippen LogP contribution in [0, 0.1) is 0 Å². The van der Waals surface area contributed by atoms with E-state index in [1.165, 1.54) is 55.5 Å². The Kier molecular flexibility index (Phi) is 28.4. The quantitative estimate of drug-likeness (QED) is 0.0311. The Morgan fingerprint density at radius 2 is 1.10 bits per heavy atom. The molecule has 0 radical (unpaired) electrons. The number of hydrogen-bond donors (Lipinski definition) is 16. The van der Waals surface area contributed by atoms with E-state index in [0.717, 1.165) is 21.6 Å². The molecular weight excluding hydrogens is 1170 g/mol. The maximum absolute atomic E-state index is 14.9. The predicted molar refractivity (Wildman–Crippen MR) is 329 cm³/mol. The highest BCUT2D eigenvalue weighted by molar-refractivity contribution is 8.76. The van der Waals surface area contributed by atoms with Crippen LogP contribution in [0.4, 0.5) is 5.69 Å². The summed E-state index contributed by atoms with van der Waals surface area (Å²) in [5.74, 6) is -8.51. The second-order valence-corrected chi connectivity index (χ2v) is 23.8. The van der Waals surface area contributed by atoms with Crippen molar-refractivity contribution < 1.29 is 58.5 Å². The third-order valence-electron chi connectivity index (χ3n) is 13.8. The summed E-state index contributed by atoms with van der Waals surface area (Å²) in [6.07, 6.45) is 0.142. The van der Waals surface area contributed by atoms with Gasteiger partial charge in [0, 0.05) is 41.5 Å². The average molecular weight is 1250 g/mol. The number of amides is 9. The Bertz CT molecular complexity index is 2920. The number of aliphatic hydroxyl groups is 1. The molecule has 4 aromatic rings. The van der Waals surface area contributed by atoms with Gasteiger partial charge in [0.05, 0.1) is 18.2 Å². The molecule has 5 rings (SSSR count). The van der Waals surface area contributed by atoms with E-state index in [1.807, 2.05) is 0 Å². The van der Waals surface area contributed by atoms with Gasteiger partial charge in [0.2, 0.25) is 53.2 Å². The van der Waals surface area contributed by atoms with E-state index in [9.17, 15) is 58.5 Å². The molecule has 1 saturated heterocycles. The number of benzene rings is 4. The summed E-state index contributed by atoms with van der Waals surface area (Å²) in [6.45, 7) is 1.87. The normalized spacial score (nSPS) is 20.7. The number of nitrogens with one attached hydrogen (secondary N) is 8. The molecule has 25 nitrogen and oxygen atoms in total. The van der Waals surface area contributed by atoms with Crippen molar-refractivity contribution in [2.24, 2.45) is 28.7 Å². The Hall–Kier alpha value is -7.50. The molecule has 0 aromatic heterocycles. The summed E-state index contributed by atoms with van der Waals surface area (Å²) in [5, 5.41) is 52.8. The number of phenols is 2. The predicted octanol–water partition coefficient (Wildman–Crippen LogP) is -0.472. The second-order valence-electron chi connectivity index (χ2n) is 20.8. The standard InChI is InChI=1S/C58H78ClN13O12S2/c1-32(73)49-58(84)71-48(56(82)67-44(50(64)76)27-35-12-20-39(74)21-13-35)31-86-85-30-47(70-52(78)42(63)26-33-8-16-37(59)17-9-33)57(83)69-46(29-36-14-22-40(75)23-15-36)55(81)68-45(54(80)66-43(53(79)72-49)7-3-5-25-61)28-34-10-18-38(19-11-34)65-51(77)41(62)6-2-4-24-60/h8-23,32,41-49,73-75H,2-7,24-31,60-63H2,1H3,(H2,64,76)(H,65,77)(H,66,80)(H,67,82)(H,68,81)(H,69,83)(H,70,78)(H,71,84)(H,72,79)/t32?,41-,42-,43-,44+,45+,46-,47+,48-,49?/m0/s1. The number of unbranched alkanes of at least 4 members (excludes halogenated alkanes) is 2. The van der Waals surface area contributed by atoms with Crippen molar-refractivity contribution in [3.05, 3.63) is 124 Å². The molecule has 28 heteroatoms. The Labute approximate surface area is 511 Å². The number of nitrogens with two attached hydrogens (primary N) is 5. The molecule has 1 aliphatic heterocycles. The number of aliphatic hydroxyl groups excluding tert-OH is 1. The van der Waals surface area contributed by atoms with Crippen molar-refractivity contribution in [3.8, 4) is 11.5 Å². The van der Waals surface area contributed by atoms with Gasteiger partial charge in [0.1, 0.15) is 53.8 Å². The van der Waals surface area contributed by atoms with Crippen LogP contribution in [0.15, 0.2) is 97.1 Å². The van der Waals surface area contributed by atoms with Crippen LogP contribution in [0.3, 0.4) is 0 Å². The largest absolute Gasteiger partial charge is 0.508 e. The molecule has 21 N–H and O–H groups in total. The van der Waals surface area contributed by atoms with Crippen LogP contribution in [-0.2, 0) is 68.8 Å². The lowest BCUT2D eigenvalue weighted by Gasteiger charge is -2.29. The first kappa shape index (κ1) is 69.3. The van der Waals surface area contributed by atoms with Gasteiger partial charge in [-0.3, -0.25) is 43.2 Å². The van der Waals surface area contributed by atoms with Crippen molar-refractivity contribution in [3.63, 3.8) is 0 Å². The van der Waals surface area contributed by atoms with Crippen molar-refractivity contribution in [2.75, 3.05) is 29.9 Å². The number of aromatic hydroxyl groups is 2. The van der Waals surface area contributed by atoms with E-state index < -0.39 is 114 Å². The molecular formula is C58H78ClN13O12S2. The number of primary amides is 1. The third kappa shape index (κ3) is 23.1. The average Bonchev–Trinajstić information content (AvgIpc) is 3.30. The maximum atomic E-state index is 14.9. The van der Waals surface area contributed by atoms with Gasteiger partial charge >= 0.3 is 0 Å². The zero-order chi connectivity index (χ0) is 62.9. The first-order valence-electron chi connectivity index (χ1n) is 28.0. The molecule has 466 valence electrons. The molecule has 2 unspecified atom stereocenters. The topological polar surface area (TPSA) is 441 Å². The van der Waals surface area contributed by atoms with E-state index in [-0.39, 0.29) is 68.1 Å². The highest BCUT2D eigenvalue weighted by Crippen LogP contribution is 2.25. The number of phenolic OH excluding ortho intramolecular Hbond substituents is 2. The van der Waals surface area contributed by atoms with E-state index in [4.69, 9.17) is 40.3 Å². The fraction of sp³-hybridized carbons (Fsp3) is 0.431. The molecule has 4 aromatic carbocycles. The Morgan fingerprint density at radius 1 is 0.605 bits per heavy atom. The van der Waals surface area contributed by atoms with Gasteiger partial charge < -0.3 is 86.5 Å². The minimum Gasteiger partial charge on any atom is -0.508 e. The summed E-state index contributed by atoms with van der Waals surface area (Å²) in [7, 11) is 1.90. The van der Waals surface area contributed by atoms with Gasteiger partial charge in [-0.05, 0) is 129 Å². The second kappa shape index (κ2) is 35.2. The molecule has 0 saturated carbocycles. The zero-order valence-electron chi connectivity index (χ0n) is 47.5. The minimum atomic E-state index is -1.77. The van der Waals surface area contributed by atoms with Crippen LogP contribution in [0.2, 0.25) is 5.02 Å². The number of carbonyl (C=O) groups is 9. The van der Waals surface area contributed by atoms with Crippen LogP contribution >= 0.6 is 33.2 Å². The molecule has 86 heavy (non-hydrogen) atoms. The number of hydrogen-bond acceptors (Lipinski definition) is 18. The summed E-state index contributed by atoms with van der Waals surface area (Å²) in [6, 6.07) is 11.8. The highest BCUT2D eigenvalue weighted by Gasteiger charge is 2.37. The van der Waals surface area contributed by atoms with Crippen LogP contribution in [0.5, 0.6) is 11.5 Å². The van der Waals surface area contributed by atoms with Crippen molar-refractivity contribution >= 4 is 92.0 Å². The van der Waals surface area contributed by atoms with Crippen LogP contribution in [0.25, 0.3) is 0 Å². The van der Waals surface area contributed by atoms with Crippen LogP contribution in [-0.4, -0.2) is 154 Å². The number of halogens is 1. The summed E-state index contributed by atoms with van der Waals surface area (Å²) < 4.78 is 0. The molecule has 9 amide bonds. The number of rotatable bonds is 24. The monoisotopic (exact) mass is 1250 g/mol. The van der Waals surface area contributed by atoms with Gasteiger partial charge in [-0.15, -0.1) is 0 Å². The van der Waals surface area contributed by atoms with Crippen molar-refractivity contribution in [1.82, 2.24) is 37.2 Å². The molecule has 0 aliphatic carbocycles. The van der Waals surface area contributed by atoms with E-state index in [2.05, 4.69) is 42.5 Å². The molecule has 1 fully saturated rings. The minimum absolute atomic E-state index is 0.0209. The number of carbonyl (C=O) groups excluding carboxylic acids is 9. The van der Waals surface area contributed by atoms with E-state index >= 15 is 0 Å². The SMILES string of the molecule is CC(O)C1NC(=O)[C@H](CCCCN)NC(=O)[C@@H](Cc2ccc(NC(=O)[C@@H](N)CCCCN)cc2)NC(=O)[C@H](Cc2ccc(O)cc2)NC(=O)[C@H](NC(=O)[C@@H](N)Cc2ccc(Cl)cc2)CSSC[C@@H](C(=O)N[C@H](Cc2ccc(O)cc2)C(N)=O)NC1=O. The van der Waals surface area contributed by atoms with E-state index in [0.29, 0.717) is 65.2 Å². The van der Waals surface area contributed by atoms with Gasteiger partial charge in [-0.25, -0.2) is 0 Å². The molecule has 0 bridgehead atoms. The van der Waals surface area contributed by atoms with Crippen molar-refractivity contribution in [1.29, 1.82) is 0 Å². The molecule has 1 heterocycles. The lowest BCUT2D eigenvalue weighted by molar-refractivity contribution is -0.136. The van der Waals surface area contributed by atoms with Crippen LogP contribution < -0.4 is 71.2 Å². The molecule has 0 spiro atoms. The van der Waals surface area contributed by atoms with E-state index in [1.54, 1.807) is 48.5 Å². The van der Waals surface area contributed by atoms with Gasteiger partial charge in [0.25, 0.3) is 0 Å². The van der Waals surface area contributed by atoms with Gasteiger partial charge in [0.15, 0.2) is 0 Å². The lowest BCUT2D eigenvalue weighted by atomic mass is 10.0. The van der Waals surface area contributed by atoms with Gasteiger partial charge in [-0.2, -0.15) is 0 Å². The lowest BCUT2D eigenvalue weighted by Crippen LogP contribution is -2.62. The first-order valence-corrected chi connectivity index (χ1v) is 30.9. The number of anilines is 1. The summed E-state index contributed by atoms with van der Waals surface area (Å²) in [4.78, 5) is 127.